The van der Waals surface area contributed by atoms with E-state index in [1.165, 1.54) is 6.08 Å². The van der Waals surface area contributed by atoms with Gasteiger partial charge in [0.1, 0.15) is 30.3 Å². The minimum Gasteiger partial charge on any atom is -0.489 e. The molecule has 0 radical (unpaired) electrons. The molecular weight excluding hydrogens is 563 g/mol. The van der Waals surface area contributed by atoms with Crippen molar-refractivity contribution in [1.82, 2.24) is 5.32 Å². The Morgan fingerprint density at radius 2 is 1.56 bits per heavy atom. The number of urea groups is 1. The van der Waals surface area contributed by atoms with Crippen LogP contribution >= 0.6 is 23.2 Å². The molecule has 4 amide bonds. The third kappa shape index (κ3) is 6.60. The average molecular weight is 587 g/mol. The minimum atomic E-state index is -0.858. The molecule has 4 aromatic carbocycles. The second-order valence-electron chi connectivity index (χ2n) is 9.29. The number of hydrogen-bond acceptors (Lipinski definition) is 5. The zero-order chi connectivity index (χ0) is 28.9. The normalized spacial score (nSPS) is 14.3. The molecule has 0 spiro atoms. The molecule has 0 aromatic heterocycles. The lowest BCUT2D eigenvalue weighted by Gasteiger charge is -2.26. The van der Waals surface area contributed by atoms with Gasteiger partial charge in [-0.1, -0.05) is 71.2 Å². The fourth-order valence-corrected chi connectivity index (χ4v) is 4.50. The monoisotopic (exact) mass is 586 g/mol. The van der Waals surface area contributed by atoms with E-state index in [-0.39, 0.29) is 24.5 Å². The van der Waals surface area contributed by atoms with Gasteiger partial charge < -0.3 is 9.47 Å². The Kier molecular flexibility index (Phi) is 8.38. The molecule has 0 unspecified atom stereocenters. The molecule has 1 N–H and O–H groups in total. The second kappa shape index (κ2) is 12.3. The molecule has 1 aliphatic heterocycles. The van der Waals surface area contributed by atoms with E-state index in [4.69, 9.17) is 32.7 Å². The number of nitrogens with zero attached hydrogens (tertiary/aromatic N) is 1. The zero-order valence-corrected chi connectivity index (χ0v) is 23.4. The van der Waals surface area contributed by atoms with Crippen LogP contribution in [0.4, 0.5) is 10.5 Å². The summed E-state index contributed by atoms with van der Waals surface area (Å²) in [4.78, 5) is 39.8. The molecule has 206 valence electrons. The summed E-state index contributed by atoms with van der Waals surface area (Å²) in [6.07, 6.45) is 1.37. The number of hydrogen-bond donors (Lipinski definition) is 1. The Hall–Kier alpha value is -4.59. The van der Waals surface area contributed by atoms with Crippen molar-refractivity contribution in [3.8, 4) is 11.5 Å². The van der Waals surface area contributed by atoms with Crippen LogP contribution in [0.1, 0.15) is 22.3 Å². The summed E-state index contributed by atoms with van der Waals surface area (Å²) in [5.74, 6) is -0.667. The standard InChI is InChI=1S/C32H24Cl2N2O5/c1-20-6-8-21(9-7-20)18-41-29-15-10-24(33)16-23(29)17-27-30(37)35-32(39)36(31(27)38)25-11-13-26(14-12-25)40-19-22-4-2-3-5-28(22)34/h2-17H,18-19H2,1H3,(H,35,37,39)/b27-17+. The van der Waals surface area contributed by atoms with Crippen molar-refractivity contribution < 1.29 is 23.9 Å². The third-order valence-electron chi connectivity index (χ3n) is 6.34. The smallest absolute Gasteiger partial charge is 0.335 e. The lowest BCUT2D eigenvalue weighted by molar-refractivity contribution is -0.122. The van der Waals surface area contributed by atoms with Gasteiger partial charge in [-0.05, 0) is 67.1 Å². The molecular formula is C32H24Cl2N2O5. The van der Waals surface area contributed by atoms with Crippen molar-refractivity contribution >= 4 is 52.8 Å². The maximum absolute atomic E-state index is 13.4. The van der Waals surface area contributed by atoms with E-state index in [9.17, 15) is 14.4 Å². The summed E-state index contributed by atoms with van der Waals surface area (Å²) in [5, 5.41) is 3.21. The molecule has 4 aromatic rings. The van der Waals surface area contributed by atoms with Crippen LogP contribution in [0.25, 0.3) is 6.08 Å². The summed E-state index contributed by atoms with van der Waals surface area (Å²) < 4.78 is 11.8. The molecule has 1 heterocycles. The van der Waals surface area contributed by atoms with Gasteiger partial charge in [0.05, 0.1) is 5.69 Å². The summed E-state index contributed by atoms with van der Waals surface area (Å²) >= 11 is 12.4. The number of carbonyl (C=O) groups excluding carboxylic acids is 3. The van der Waals surface area contributed by atoms with Crippen LogP contribution in [0.3, 0.4) is 0 Å². The predicted molar refractivity (Wildman–Crippen MR) is 158 cm³/mol. The summed E-state index contributed by atoms with van der Waals surface area (Å²) in [7, 11) is 0. The highest BCUT2D eigenvalue weighted by atomic mass is 35.5. The Morgan fingerprint density at radius 1 is 0.829 bits per heavy atom. The van der Waals surface area contributed by atoms with E-state index < -0.39 is 17.8 Å². The first-order chi connectivity index (χ1) is 19.8. The van der Waals surface area contributed by atoms with Gasteiger partial charge in [0.25, 0.3) is 11.8 Å². The van der Waals surface area contributed by atoms with E-state index in [0.29, 0.717) is 27.1 Å². The molecule has 1 saturated heterocycles. The summed E-state index contributed by atoms with van der Waals surface area (Å²) in [5.41, 5.74) is 3.34. The summed E-state index contributed by atoms with van der Waals surface area (Å²) in [6.45, 7) is 2.52. The van der Waals surface area contributed by atoms with E-state index >= 15 is 0 Å². The van der Waals surface area contributed by atoms with Crippen LogP contribution in [0.5, 0.6) is 11.5 Å². The topological polar surface area (TPSA) is 84.9 Å². The number of anilines is 1. The van der Waals surface area contributed by atoms with E-state index in [0.717, 1.165) is 21.6 Å². The summed E-state index contributed by atoms with van der Waals surface area (Å²) in [6, 6.07) is 25.6. The first-order valence-corrected chi connectivity index (χ1v) is 13.4. The number of amides is 4. The van der Waals surface area contributed by atoms with Gasteiger partial charge in [0.2, 0.25) is 0 Å². The number of imide groups is 2. The first-order valence-electron chi connectivity index (χ1n) is 12.6. The molecule has 1 fully saturated rings. The number of barbiturate groups is 1. The molecule has 0 saturated carbocycles. The van der Waals surface area contributed by atoms with Crippen molar-refractivity contribution in [3.05, 3.63) is 129 Å². The lowest BCUT2D eigenvalue weighted by atomic mass is 10.1. The lowest BCUT2D eigenvalue weighted by Crippen LogP contribution is -2.54. The van der Waals surface area contributed by atoms with Crippen LogP contribution in [0.2, 0.25) is 10.0 Å². The van der Waals surface area contributed by atoms with Crippen LogP contribution in [-0.4, -0.2) is 17.8 Å². The number of carbonyl (C=O) groups is 3. The SMILES string of the molecule is Cc1ccc(COc2ccc(Cl)cc2/C=C2\C(=O)NC(=O)N(c3ccc(OCc4ccccc4Cl)cc3)C2=O)cc1. The highest BCUT2D eigenvalue weighted by molar-refractivity contribution is 6.39. The van der Waals surface area contributed by atoms with Crippen LogP contribution < -0.4 is 19.7 Å². The van der Waals surface area contributed by atoms with Crippen LogP contribution in [0, 0.1) is 6.92 Å². The van der Waals surface area contributed by atoms with Crippen molar-refractivity contribution in [3.63, 3.8) is 0 Å². The number of ether oxygens (including phenoxy) is 2. The van der Waals surface area contributed by atoms with E-state index in [1.807, 2.05) is 49.4 Å². The van der Waals surface area contributed by atoms with Gasteiger partial charge >= 0.3 is 6.03 Å². The molecule has 0 bridgehead atoms. The number of benzene rings is 4. The molecule has 1 aliphatic rings. The Morgan fingerprint density at radius 3 is 2.29 bits per heavy atom. The second-order valence-corrected chi connectivity index (χ2v) is 10.1. The third-order valence-corrected chi connectivity index (χ3v) is 6.94. The maximum atomic E-state index is 13.4. The highest BCUT2D eigenvalue weighted by Crippen LogP contribution is 2.29. The number of nitrogens with one attached hydrogen (secondary N) is 1. The highest BCUT2D eigenvalue weighted by Gasteiger charge is 2.37. The fraction of sp³-hybridized carbons (Fsp3) is 0.0938. The quantitative estimate of drug-likeness (QED) is 0.175. The molecule has 5 rings (SSSR count). The maximum Gasteiger partial charge on any atom is 0.335 e. The van der Waals surface area contributed by atoms with E-state index in [1.54, 1.807) is 48.5 Å². The number of halogens is 2. The van der Waals surface area contributed by atoms with Gasteiger partial charge in [0, 0.05) is 21.2 Å². The first kappa shape index (κ1) is 28.0. The molecule has 7 nitrogen and oxygen atoms in total. The minimum absolute atomic E-state index is 0.244. The fourth-order valence-electron chi connectivity index (χ4n) is 4.12. The molecule has 0 atom stereocenters. The number of rotatable bonds is 8. The van der Waals surface area contributed by atoms with Crippen LogP contribution in [-0.2, 0) is 22.8 Å². The van der Waals surface area contributed by atoms with Gasteiger partial charge in [-0.15, -0.1) is 0 Å². The number of aryl methyl sites for hydroxylation is 1. The van der Waals surface area contributed by atoms with Crippen molar-refractivity contribution in [1.29, 1.82) is 0 Å². The van der Waals surface area contributed by atoms with Gasteiger partial charge in [0.15, 0.2) is 0 Å². The van der Waals surface area contributed by atoms with E-state index in [2.05, 4.69) is 5.32 Å². The van der Waals surface area contributed by atoms with Gasteiger partial charge in [-0.3, -0.25) is 14.9 Å². The Labute approximate surface area is 246 Å². The molecule has 41 heavy (non-hydrogen) atoms. The average Bonchev–Trinajstić information content (AvgIpc) is 2.96. The Balaban J connectivity index is 1.36. The van der Waals surface area contributed by atoms with Crippen molar-refractivity contribution in [2.45, 2.75) is 20.1 Å². The Bertz CT molecular complexity index is 1650. The van der Waals surface area contributed by atoms with Crippen molar-refractivity contribution in [2.24, 2.45) is 0 Å². The van der Waals surface area contributed by atoms with Crippen LogP contribution in [0.15, 0.2) is 96.6 Å². The zero-order valence-electron chi connectivity index (χ0n) is 21.9. The van der Waals surface area contributed by atoms with Crippen molar-refractivity contribution in [2.75, 3.05) is 4.90 Å². The van der Waals surface area contributed by atoms with Gasteiger partial charge in [-0.2, -0.15) is 0 Å². The molecule has 9 heteroatoms. The largest absolute Gasteiger partial charge is 0.489 e. The molecule has 0 aliphatic carbocycles. The predicted octanol–water partition coefficient (Wildman–Crippen LogP) is 7.13. The van der Waals surface area contributed by atoms with Gasteiger partial charge in [-0.25, -0.2) is 9.69 Å².